The topological polar surface area (TPSA) is 55.1 Å². The van der Waals surface area contributed by atoms with Gasteiger partial charge in [0.2, 0.25) is 5.91 Å². The first-order valence-corrected chi connectivity index (χ1v) is 6.32. The summed E-state index contributed by atoms with van der Waals surface area (Å²) in [7, 11) is 0. The summed E-state index contributed by atoms with van der Waals surface area (Å²) in [5.74, 6) is -0.00650. The molecule has 0 radical (unpaired) electrons. The molecule has 0 heterocycles. The highest BCUT2D eigenvalue weighted by atomic mass is 32.2. The monoisotopic (exact) mass is 216 g/mol. The standard InChI is InChI=1S/C10H20N2OS/c1-7(8(2)11)9(13)12-6-10(14-3)4-5-10/h7-8H,4-6,11H2,1-3H3,(H,12,13). The zero-order chi connectivity index (χ0) is 10.8. The van der Waals surface area contributed by atoms with Gasteiger partial charge in [0.1, 0.15) is 0 Å². The Hall–Kier alpha value is -0.220. The van der Waals surface area contributed by atoms with Crippen molar-refractivity contribution in [1.29, 1.82) is 0 Å². The van der Waals surface area contributed by atoms with Gasteiger partial charge in [-0.25, -0.2) is 0 Å². The molecule has 1 fully saturated rings. The number of rotatable bonds is 5. The van der Waals surface area contributed by atoms with Crippen LogP contribution in [0.15, 0.2) is 0 Å². The third-order valence-electron chi connectivity index (χ3n) is 3.03. The van der Waals surface area contributed by atoms with E-state index in [1.54, 1.807) is 0 Å². The van der Waals surface area contributed by atoms with Gasteiger partial charge < -0.3 is 11.1 Å². The Kier molecular flexibility index (Phi) is 3.84. The number of nitrogens with one attached hydrogen (secondary N) is 1. The van der Waals surface area contributed by atoms with Gasteiger partial charge in [-0.05, 0) is 26.0 Å². The highest BCUT2D eigenvalue weighted by molar-refractivity contribution is 8.00. The van der Waals surface area contributed by atoms with E-state index in [9.17, 15) is 4.79 Å². The van der Waals surface area contributed by atoms with E-state index in [2.05, 4.69) is 11.6 Å². The number of carbonyl (C=O) groups is 1. The SMILES string of the molecule is CSC1(CNC(=O)C(C)C(C)N)CC1. The molecule has 2 unspecified atom stereocenters. The van der Waals surface area contributed by atoms with Crippen LogP contribution in [0.25, 0.3) is 0 Å². The minimum atomic E-state index is -0.0901. The Morgan fingerprint density at radius 1 is 1.57 bits per heavy atom. The van der Waals surface area contributed by atoms with Crippen LogP contribution < -0.4 is 11.1 Å². The second-order valence-electron chi connectivity index (χ2n) is 4.25. The van der Waals surface area contributed by atoms with Crippen LogP contribution in [0.5, 0.6) is 0 Å². The zero-order valence-corrected chi connectivity index (χ0v) is 9.99. The van der Waals surface area contributed by atoms with Crippen molar-refractivity contribution >= 4 is 17.7 Å². The largest absolute Gasteiger partial charge is 0.354 e. The van der Waals surface area contributed by atoms with Gasteiger partial charge in [0.15, 0.2) is 0 Å². The van der Waals surface area contributed by atoms with E-state index in [1.807, 2.05) is 25.6 Å². The maximum absolute atomic E-state index is 11.6. The third-order valence-corrected chi connectivity index (χ3v) is 4.45. The second kappa shape index (κ2) is 4.53. The molecular weight excluding hydrogens is 196 g/mol. The van der Waals surface area contributed by atoms with E-state index >= 15 is 0 Å². The normalized spacial score (nSPS) is 22.6. The van der Waals surface area contributed by atoms with Gasteiger partial charge in [0, 0.05) is 23.3 Å². The summed E-state index contributed by atoms with van der Waals surface area (Å²) in [4.78, 5) is 11.6. The first-order valence-electron chi connectivity index (χ1n) is 5.09. The number of hydrogen-bond acceptors (Lipinski definition) is 3. The fourth-order valence-corrected chi connectivity index (χ4v) is 1.97. The van der Waals surface area contributed by atoms with Crippen molar-refractivity contribution in [2.75, 3.05) is 12.8 Å². The highest BCUT2D eigenvalue weighted by Crippen LogP contribution is 2.46. The predicted molar refractivity (Wildman–Crippen MR) is 61.3 cm³/mol. The minimum Gasteiger partial charge on any atom is -0.354 e. The zero-order valence-electron chi connectivity index (χ0n) is 9.17. The Bertz CT molecular complexity index is 214. The molecular formula is C10H20N2OS. The first-order chi connectivity index (χ1) is 6.51. The van der Waals surface area contributed by atoms with Gasteiger partial charge in [-0.2, -0.15) is 11.8 Å². The molecule has 1 amide bonds. The Balaban J connectivity index is 2.28. The number of carbonyl (C=O) groups excluding carboxylic acids is 1. The van der Waals surface area contributed by atoms with Crippen molar-refractivity contribution in [3.05, 3.63) is 0 Å². The Labute approximate surface area is 90.2 Å². The lowest BCUT2D eigenvalue weighted by Crippen LogP contribution is -2.41. The van der Waals surface area contributed by atoms with Crippen LogP contribution in [0.4, 0.5) is 0 Å². The molecule has 3 nitrogen and oxygen atoms in total. The summed E-state index contributed by atoms with van der Waals surface area (Å²) < 4.78 is 0.340. The Morgan fingerprint density at radius 3 is 2.50 bits per heavy atom. The molecule has 1 aliphatic carbocycles. The highest BCUT2D eigenvalue weighted by Gasteiger charge is 2.42. The first kappa shape index (κ1) is 11.9. The summed E-state index contributed by atoms with van der Waals surface area (Å²) in [5.41, 5.74) is 5.66. The van der Waals surface area contributed by atoms with Gasteiger partial charge in [0.25, 0.3) is 0 Å². The van der Waals surface area contributed by atoms with Crippen LogP contribution >= 0.6 is 11.8 Å². The molecule has 3 N–H and O–H groups in total. The van der Waals surface area contributed by atoms with Gasteiger partial charge >= 0.3 is 0 Å². The molecule has 0 spiro atoms. The van der Waals surface area contributed by atoms with Gasteiger partial charge in [-0.1, -0.05) is 6.92 Å². The molecule has 4 heteroatoms. The number of thioether (sulfide) groups is 1. The fraction of sp³-hybridized carbons (Fsp3) is 0.900. The molecule has 0 saturated heterocycles. The van der Waals surface area contributed by atoms with Gasteiger partial charge in [-0.15, -0.1) is 0 Å². The lowest BCUT2D eigenvalue weighted by atomic mass is 10.0. The van der Waals surface area contributed by atoms with Crippen molar-refractivity contribution in [2.45, 2.75) is 37.5 Å². The molecule has 0 aromatic rings. The summed E-state index contributed by atoms with van der Waals surface area (Å²) in [6.07, 6.45) is 4.55. The number of hydrogen-bond donors (Lipinski definition) is 2. The van der Waals surface area contributed by atoms with E-state index in [4.69, 9.17) is 5.73 Å². The lowest BCUT2D eigenvalue weighted by Gasteiger charge is -2.18. The molecule has 0 aliphatic heterocycles. The summed E-state index contributed by atoms with van der Waals surface area (Å²) in [6, 6.07) is -0.0700. The quantitative estimate of drug-likeness (QED) is 0.720. The molecule has 1 aliphatic rings. The summed E-state index contributed by atoms with van der Waals surface area (Å²) in [6.45, 7) is 4.54. The van der Waals surface area contributed by atoms with Crippen LogP contribution in [0.3, 0.4) is 0 Å². The van der Waals surface area contributed by atoms with Crippen LogP contribution in [-0.4, -0.2) is 29.5 Å². The summed E-state index contributed by atoms with van der Waals surface area (Å²) in [5, 5.41) is 2.98. The molecule has 1 rings (SSSR count). The minimum absolute atomic E-state index is 0.0700. The third kappa shape index (κ3) is 2.89. The maximum Gasteiger partial charge on any atom is 0.224 e. The van der Waals surface area contributed by atoms with Crippen LogP contribution in [0.2, 0.25) is 0 Å². The lowest BCUT2D eigenvalue weighted by molar-refractivity contribution is -0.124. The summed E-state index contributed by atoms with van der Waals surface area (Å²) >= 11 is 1.85. The second-order valence-corrected chi connectivity index (χ2v) is 5.53. The van der Waals surface area contributed by atoms with E-state index in [0.29, 0.717) is 4.75 Å². The molecule has 0 bridgehead atoms. The van der Waals surface area contributed by atoms with Crippen molar-refractivity contribution < 1.29 is 4.79 Å². The molecule has 0 aromatic carbocycles. The molecule has 14 heavy (non-hydrogen) atoms. The number of nitrogens with two attached hydrogens (primary N) is 1. The predicted octanol–water partition coefficient (Wildman–Crippen LogP) is 0.981. The Morgan fingerprint density at radius 2 is 2.14 bits per heavy atom. The van der Waals surface area contributed by atoms with Crippen molar-refractivity contribution in [1.82, 2.24) is 5.32 Å². The van der Waals surface area contributed by atoms with Gasteiger partial charge in [0.05, 0.1) is 0 Å². The molecule has 1 saturated carbocycles. The smallest absolute Gasteiger partial charge is 0.224 e. The molecule has 82 valence electrons. The van der Waals surface area contributed by atoms with E-state index in [-0.39, 0.29) is 17.9 Å². The van der Waals surface area contributed by atoms with E-state index in [1.165, 1.54) is 12.8 Å². The van der Waals surface area contributed by atoms with Crippen molar-refractivity contribution in [3.63, 3.8) is 0 Å². The average Bonchev–Trinajstić information content (AvgIpc) is 2.93. The van der Waals surface area contributed by atoms with Crippen LogP contribution in [0, 0.1) is 5.92 Å². The fourth-order valence-electron chi connectivity index (χ4n) is 1.24. The van der Waals surface area contributed by atoms with E-state index < -0.39 is 0 Å². The van der Waals surface area contributed by atoms with E-state index in [0.717, 1.165) is 6.54 Å². The van der Waals surface area contributed by atoms with Crippen molar-refractivity contribution in [2.24, 2.45) is 11.7 Å². The van der Waals surface area contributed by atoms with Crippen LogP contribution in [0.1, 0.15) is 26.7 Å². The van der Waals surface area contributed by atoms with Crippen LogP contribution in [-0.2, 0) is 4.79 Å². The van der Waals surface area contributed by atoms with Gasteiger partial charge in [-0.3, -0.25) is 4.79 Å². The molecule has 2 atom stereocenters. The average molecular weight is 216 g/mol. The molecule has 0 aromatic heterocycles. The van der Waals surface area contributed by atoms with Crippen molar-refractivity contribution in [3.8, 4) is 0 Å². The maximum atomic E-state index is 11.6. The number of amides is 1.